The van der Waals surface area contributed by atoms with E-state index in [2.05, 4.69) is 63.6 Å². The molecule has 4 aliphatic rings. The summed E-state index contributed by atoms with van der Waals surface area (Å²) < 4.78 is 54.8. The van der Waals surface area contributed by atoms with Crippen LogP contribution >= 0.6 is 0 Å². The SMILES string of the molecule is CC1(c2cccc(NS(C)(=O)=O)c2)C2CNCC21.Cn1cc(CC(=O)N2CC3C(C2)C3(C)c2cccc(NS(C)(=O)=O)c2)c2ccccc21.Cn1cc(CC(=O)O)c2ccccc21. The summed E-state index contributed by atoms with van der Waals surface area (Å²) in [6.07, 6.45) is 6.78. The maximum atomic E-state index is 13.0. The van der Waals surface area contributed by atoms with Gasteiger partial charge in [-0.05, 0) is 95.4 Å². The highest BCUT2D eigenvalue weighted by Crippen LogP contribution is 2.64. The van der Waals surface area contributed by atoms with E-state index in [1.165, 1.54) is 11.8 Å². The molecule has 0 bridgehead atoms. The fraction of sp³-hybridized carbons (Fsp3) is 0.375. The number of rotatable bonds is 10. The van der Waals surface area contributed by atoms with Gasteiger partial charge in [0.05, 0.1) is 25.4 Å². The first kappa shape index (κ1) is 44.0. The molecule has 2 aliphatic heterocycles. The standard InChI is InChI=1S/C24H27N3O3S.C13H18N2O2S.C11H11NO2/c1-24(17-7-6-8-18(12-17)25-31(3,29)30)20-14-27(15-21(20)24)23(28)11-16-13-26(2)22-10-5-4-9-19(16)22;1-13(11-7-14-8-12(11)13)9-4-3-5-10(6-9)15-18(2,16)17;1-12-7-8(6-11(13)14)9-4-2-3-5-10(9)12/h4-10,12-13,20-21,25H,11,14-15H2,1-3H3;3-6,11-12,14-15H,7-8H2,1-2H3;2-5,7H,6H2,1H3,(H,13,14). The number of sulfonamides is 2. The Hall–Kier alpha value is -5.64. The lowest BCUT2D eigenvalue weighted by atomic mass is 9.92. The molecule has 63 heavy (non-hydrogen) atoms. The smallest absolute Gasteiger partial charge is 0.307 e. The number of nitrogens with zero attached hydrogens (tertiary/aromatic N) is 3. The molecule has 4 N–H and O–H groups in total. The van der Waals surface area contributed by atoms with E-state index in [1.54, 1.807) is 12.1 Å². The van der Waals surface area contributed by atoms with Crippen molar-refractivity contribution in [3.63, 3.8) is 0 Å². The molecule has 0 spiro atoms. The molecule has 332 valence electrons. The molecule has 13 nitrogen and oxygen atoms in total. The summed E-state index contributed by atoms with van der Waals surface area (Å²) >= 11 is 0. The molecule has 1 amide bonds. The summed E-state index contributed by atoms with van der Waals surface area (Å²) in [5.41, 5.74) is 8.01. The molecule has 2 saturated heterocycles. The van der Waals surface area contributed by atoms with E-state index < -0.39 is 26.0 Å². The van der Waals surface area contributed by atoms with Gasteiger partial charge in [-0.25, -0.2) is 16.8 Å². The Morgan fingerprint density at radius 2 is 1.08 bits per heavy atom. The van der Waals surface area contributed by atoms with Gasteiger partial charge in [-0.15, -0.1) is 0 Å². The molecular weight excluding hydrogens is 837 g/mol. The molecule has 4 aromatic carbocycles. The Kier molecular flexibility index (Phi) is 11.5. The van der Waals surface area contributed by atoms with Crippen molar-refractivity contribution in [2.45, 2.75) is 37.5 Å². The van der Waals surface area contributed by atoms with Crippen LogP contribution in [0.4, 0.5) is 11.4 Å². The third kappa shape index (κ3) is 8.96. The van der Waals surface area contributed by atoms with Crippen molar-refractivity contribution in [3.05, 3.63) is 132 Å². The summed E-state index contributed by atoms with van der Waals surface area (Å²) in [5, 5.41) is 14.3. The van der Waals surface area contributed by atoms with Gasteiger partial charge in [0.25, 0.3) is 0 Å². The van der Waals surface area contributed by atoms with Crippen molar-refractivity contribution in [3.8, 4) is 0 Å². The van der Waals surface area contributed by atoms with Crippen LogP contribution in [0.3, 0.4) is 0 Å². The number of aliphatic carboxylic acids is 1. The number of hydrogen-bond acceptors (Lipinski definition) is 7. The van der Waals surface area contributed by atoms with Gasteiger partial charge in [0.1, 0.15) is 0 Å². The molecule has 4 fully saturated rings. The molecule has 6 aromatic rings. The third-order valence-corrected chi connectivity index (χ3v) is 15.2. The number of nitrogens with one attached hydrogen (secondary N) is 3. The van der Waals surface area contributed by atoms with Crippen LogP contribution < -0.4 is 14.8 Å². The minimum Gasteiger partial charge on any atom is -0.481 e. The Bertz CT molecular complexity index is 2940. The predicted octanol–water partition coefficient (Wildman–Crippen LogP) is 6.11. The number of carbonyl (C=O) groups is 2. The number of hydrogen-bond donors (Lipinski definition) is 4. The van der Waals surface area contributed by atoms with Gasteiger partial charge >= 0.3 is 5.97 Å². The number of carboxylic acids is 1. The van der Waals surface area contributed by atoms with E-state index in [4.69, 9.17) is 5.11 Å². The zero-order chi connectivity index (χ0) is 45.1. The summed E-state index contributed by atoms with van der Waals surface area (Å²) in [6, 6.07) is 31.5. The number of carboxylic acid groups (broad SMARTS) is 1. The second-order valence-corrected chi connectivity index (χ2v) is 21.7. The topological polar surface area (TPSA) is 172 Å². The Morgan fingerprint density at radius 1 is 0.651 bits per heavy atom. The molecule has 2 aliphatic carbocycles. The Morgan fingerprint density at radius 3 is 1.52 bits per heavy atom. The van der Waals surface area contributed by atoms with Crippen LogP contribution in [0, 0.1) is 23.7 Å². The number of piperidine rings is 2. The normalized spacial score (nSPS) is 24.4. The number of benzene rings is 4. The highest BCUT2D eigenvalue weighted by atomic mass is 32.2. The maximum absolute atomic E-state index is 13.0. The van der Waals surface area contributed by atoms with Gasteiger partial charge in [0.15, 0.2) is 0 Å². The number of amides is 1. The Labute approximate surface area is 369 Å². The van der Waals surface area contributed by atoms with Crippen molar-refractivity contribution in [1.29, 1.82) is 0 Å². The average Bonchev–Trinajstić information content (AvgIpc) is 3.64. The number of anilines is 2. The molecule has 15 heteroatoms. The molecule has 4 unspecified atom stereocenters. The summed E-state index contributed by atoms with van der Waals surface area (Å²) in [5.74, 6) is 1.62. The van der Waals surface area contributed by atoms with Crippen LogP contribution in [0.15, 0.2) is 109 Å². The number of para-hydroxylation sites is 2. The lowest BCUT2D eigenvalue weighted by Gasteiger charge is -2.25. The lowest BCUT2D eigenvalue weighted by Crippen LogP contribution is -2.35. The van der Waals surface area contributed by atoms with Crippen LogP contribution in [0.1, 0.15) is 36.1 Å². The van der Waals surface area contributed by atoms with Crippen LogP contribution in [-0.2, 0) is 67.4 Å². The molecule has 4 atom stereocenters. The fourth-order valence-electron chi connectivity index (χ4n) is 10.6. The van der Waals surface area contributed by atoms with E-state index in [1.807, 2.05) is 90.4 Å². The lowest BCUT2D eigenvalue weighted by molar-refractivity contribution is -0.136. The van der Waals surface area contributed by atoms with Gasteiger partial charge in [0.2, 0.25) is 26.0 Å². The van der Waals surface area contributed by atoms with E-state index in [9.17, 15) is 26.4 Å². The zero-order valence-electron chi connectivity index (χ0n) is 36.5. The van der Waals surface area contributed by atoms with Gasteiger partial charge in [0, 0.05) is 83.6 Å². The zero-order valence-corrected chi connectivity index (χ0v) is 38.1. The van der Waals surface area contributed by atoms with Gasteiger partial charge in [-0.2, -0.15) is 0 Å². The minimum absolute atomic E-state index is 0.00851. The van der Waals surface area contributed by atoms with Gasteiger partial charge in [-0.1, -0.05) is 74.5 Å². The van der Waals surface area contributed by atoms with Crippen molar-refractivity contribution < 1.29 is 31.5 Å². The number of aryl methyl sites for hydroxylation is 2. The minimum atomic E-state index is -3.31. The highest BCUT2D eigenvalue weighted by molar-refractivity contribution is 7.92. The second kappa shape index (κ2) is 16.5. The highest BCUT2D eigenvalue weighted by Gasteiger charge is 2.66. The van der Waals surface area contributed by atoms with Crippen LogP contribution in [0.2, 0.25) is 0 Å². The van der Waals surface area contributed by atoms with Crippen molar-refractivity contribution in [1.82, 2.24) is 19.4 Å². The average molecular weight is 893 g/mol. The monoisotopic (exact) mass is 892 g/mol. The first-order valence-electron chi connectivity index (χ1n) is 21.2. The number of aromatic nitrogens is 2. The molecule has 4 heterocycles. The van der Waals surface area contributed by atoms with Crippen molar-refractivity contribution >= 4 is 65.1 Å². The summed E-state index contributed by atoms with van der Waals surface area (Å²) in [4.78, 5) is 25.6. The second-order valence-electron chi connectivity index (χ2n) is 18.2. The largest absolute Gasteiger partial charge is 0.481 e. The molecule has 2 aromatic heterocycles. The number of fused-ring (bicyclic) bond motifs is 4. The Balaban J connectivity index is 0.000000143. The molecule has 2 saturated carbocycles. The van der Waals surface area contributed by atoms with Gasteiger partial charge < -0.3 is 24.5 Å². The van der Waals surface area contributed by atoms with E-state index >= 15 is 0 Å². The molecule has 0 radical (unpaired) electrons. The van der Waals surface area contributed by atoms with Crippen LogP contribution in [-0.4, -0.2) is 86.5 Å². The quantitative estimate of drug-likeness (QED) is 0.128. The van der Waals surface area contributed by atoms with Crippen LogP contribution in [0.5, 0.6) is 0 Å². The summed E-state index contributed by atoms with van der Waals surface area (Å²) in [7, 11) is -2.57. The van der Waals surface area contributed by atoms with E-state index in [-0.39, 0.29) is 23.2 Å². The predicted molar refractivity (Wildman–Crippen MR) is 249 cm³/mol. The first-order valence-corrected chi connectivity index (χ1v) is 25.0. The van der Waals surface area contributed by atoms with E-state index in [0.717, 1.165) is 70.9 Å². The molecular formula is C48H56N6O7S2. The third-order valence-electron chi connectivity index (χ3n) is 14.0. The summed E-state index contributed by atoms with van der Waals surface area (Å²) in [6.45, 7) is 8.18. The fourth-order valence-corrected chi connectivity index (χ4v) is 11.7. The van der Waals surface area contributed by atoms with Crippen LogP contribution in [0.25, 0.3) is 21.8 Å². The number of likely N-dealkylation sites (tertiary alicyclic amines) is 1. The number of carbonyl (C=O) groups excluding carboxylic acids is 1. The van der Waals surface area contributed by atoms with E-state index in [0.29, 0.717) is 41.5 Å². The first-order chi connectivity index (χ1) is 29.8. The van der Waals surface area contributed by atoms with Crippen molar-refractivity contribution in [2.75, 3.05) is 48.1 Å². The van der Waals surface area contributed by atoms with Crippen molar-refractivity contribution in [2.24, 2.45) is 37.8 Å². The molecule has 10 rings (SSSR count). The van der Waals surface area contributed by atoms with Gasteiger partial charge in [-0.3, -0.25) is 19.0 Å². The maximum Gasteiger partial charge on any atom is 0.307 e.